The Kier molecular flexibility index (Phi) is 16.3. The van der Waals surface area contributed by atoms with E-state index in [0.717, 1.165) is 58.2 Å². The number of nitrogens with two attached hydrogens (primary N) is 1. The Morgan fingerprint density at radius 2 is 1.11 bits per heavy atom. The average molecular weight is 750 g/mol. The van der Waals surface area contributed by atoms with Gasteiger partial charge in [-0.05, 0) is 96.5 Å². The summed E-state index contributed by atoms with van der Waals surface area (Å²) in [6.07, 6.45) is 5.50. The molecule has 3 fully saturated rings. The number of para-hydroxylation sites is 2. The van der Waals surface area contributed by atoms with Crippen LogP contribution in [0.25, 0.3) is 0 Å². The monoisotopic (exact) mass is 749 g/mol. The third-order valence-electron chi connectivity index (χ3n) is 9.69. The van der Waals surface area contributed by atoms with Crippen molar-refractivity contribution in [2.75, 3.05) is 44.8 Å². The molecule has 3 atom stereocenters. The normalized spacial score (nSPS) is 19.0. The van der Waals surface area contributed by atoms with E-state index in [0.29, 0.717) is 33.6 Å². The summed E-state index contributed by atoms with van der Waals surface area (Å²) in [6.45, 7) is 2.72. The van der Waals surface area contributed by atoms with Gasteiger partial charge in [-0.2, -0.15) is 0 Å². The molecule has 3 heterocycles. The first kappa shape index (κ1) is 42.1. The molecule has 4 aromatic rings. The molecule has 0 aromatic heterocycles. The van der Waals surface area contributed by atoms with E-state index < -0.39 is 11.9 Å². The van der Waals surface area contributed by atoms with Crippen LogP contribution < -0.4 is 16.4 Å². The number of ketones is 2. The zero-order chi connectivity index (χ0) is 39.7. The van der Waals surface area contributed by atoms with Gasteiger partial charge in [0.2, 0.25) is 5.91 Å². The number of anilines is 2. The summed E-state index contributed by atoms with van der Waals surface area (Å²) in [7, 11) is 3.81. The number of nitrogens with one attached hydrogen (secondary N) is 2. The third kappa shape index (κ3) is 12.4. The molecule has 3 aliphatic rings. The Bertz CT molecular complexity index is 1880. The van der Waals surface area contributed by atoms with Crippen LogP contribution in [0, 0.1) is 0 Å². The zero-order valence-electron chi connectivity index (χ0n) is 31.4. The maximum atomic E-state index is 12.7. The van der Waals surface area contributed by atoms with Crippen molar-refractivity contribution in [3.05, 3.63) is 131 Å². The minimum absolute atomic E-state index is 0.0336. The highest BCUT2D eigenvalue weighted by molar-refractivity contribution is 6.14. The number of carboxylic acid groups (broad SMARTS) is 2. The maximum Gasteiger partial charge on any atom is 0.320 e. The van der Waals surface area contributed by atoms with E-state index in [1.54, 1.807) is 48.5 Å². The molecular weight excluding hydrogens is 699 g/mol. The molecule has 0 saturated carbocycles. The quantitative estimate of drug-likeness (QED) is 0.114. The number of aliphatic carboxylic acids is 2. The van der Waals surface area contributed by atoms with Crippen molar-refractivity contribution in [1.29, 1.82) is 0 Å². The van der Waals surface area contributed by atoms with Crippen molar-refractivity contribution >= 4 is 40.8 Å². The highest BCUT2D eigenvalue weighted by atomic mass is 16.4. The second kappa shape index (κ2) is 21.3. The molecule has 12 nitrogen and oxygen atoms in total. The van der Waals surface area contributed by atoms with Gasteiger partial charge in [0.1, 0.15) is 12.1 Å². The SMILES string of the molecule is CN1CCC[C@@H]1C(=O)Nc1ccccc1C(=O)c1ccccc1.CN1CCC[C@@H]1C(=O)O.Nc1ccccc1C(=O)c1ccccc1.O=C(O)[C@H]1CCCN1. The minimum Gasteiger partial charge on any atom is -0.480 e. The fraction of sp³-hybridized carbons (Fsp3) is 0.326. The molecule has 7 rings (SSSR count). The van der Waals surface area contributed by atoms with E-state index in [2.05, 4.69) is 15.5 Å². The first-order valence-corrected chi connectivity index (χ1v) is 18.5. The molecule has 3 saturated heterocycles. The lowest BCUT2D eigenvalue weighted by Gasteiger charge is -2.19. The molecule has 0 radical (unpaired) electrons. The summed E-state index contributed by atoms with van der Waals surface area (Å²) in [5.74, 6) is -1.56. The zero-order valence-corrected chi connectivity index (χ0v) is 31.4. The van der Waals surface area contributed by atoms with Crippen LogP contribution in [0.3, 0.4) is 0 Å². The van der Waals surface area contributed by atoms with Gasteiger partial charge >= 0.3 is 11.9 Å². The minimum atomic E-state index is -0.720. The average Bonchev–Trinajstić information content (AvgIpc) is 4.00. The number of carbonyl (C=O) groups excluding carboxylic acids is 3. The molecule has 55 heavy (non-hydrogen) atoms. The van der Waals surface area contributed by atoms with E-state index in [-0.39, 0.29) is 35.6 Å². The molecule has 0 aliphatic carbocycles. The van der Waals surface area contributed by atoms with Crippen molar-refractivity contribution in [2.24, 2.45) is 0 Å². The van der Waals surface area contributed by atoms with E-state index in [1.807, 2.05) is 79.7 Å². The van der Waals surface area contributed by atoms with Crippen LogP contribution in [0.15, 0.2) is 109 Å². The fourth-order valence-electron chi connectivity index (χ4n) is 6.56. The Labute approximate surface area is 322 Å². The van der Waals surface area contributed by atoms with Gasteiger partial charge in [0, 0.05) is 27.9 Å². The molecule has 290 valence electrons. The second-order valence-electron chi connectivity index (χ2n) is 13.6. The first-order valence-electron chi connectivity index (χ1n) is 18.5. The van der Waals surface area contributed by atoms with Gasteiger partial charge in [-0.3, -0.25) is 33.8 Å². The van der Waals surface area contributed by atoms with Crippen LogP contribution in [-0.4, -0.2) is 101 Å². The van der Waals surface area contributed by atoms with Gasteiger partial charge in [-0.15, -0.1) is 0 Å². The van der Waals surface area contributed by atoms with Crippen LogP contribution >= 0.6 is 0 Å². The molecule has 12 heteroatoms. The van der Waals surface area contributed by atoms with Crippen molar-refractivity contribution in [2.45, 2.75) is 56.7 Å². The van der Waals surface area contributed by atoms with Gasteiger partial charge in [0.25, 0.3) is 0 Å². The smallest absolute Gasteiger partial charge is 0.320 e. The highest BCUT2D eigenvalue weighted by Crippen LogP contribution is 2.22. The number of nitrogen functional groups attached to an aromatic ring is 1. The number of carboxylic acids is 2. The van der Waals surface area contributed by atoms with Gasteiger partial charge in [-0.1, -0.05) is 84.9 Å². The number of benzene rings is 4. The maximum absolute atomic E-state index is 12.7. The van der Waals surface area contributed by atoms with Crippen molar-refractivity contribution < 1.29 is 34.2 Å². The second-order valence-corrected chi connectivity index (χ2v) is 13.6. The molecule has 3 aliphatic heterocycles. The highest BCUT2D eigenvalue weighted by Gasteiger charge is 2.29. The fourth-order valence-corrected chi connectivity index (χ4v) is 6.56. The number of carbonyl (C=O) groups is 5. The Balaban J connectivity index is 0.000000179. The molecule has 0 spiro atoms. The Morgan fingerprint density at radius 1 is 0.618 bits per heavy atom. The summed E-state index contributed by atoms with van der Waals surface area (Å²) in [5, 5.41) is 22.7. The Hall–Kier alpha value is -5.69. The van der Waals surface area contributed by atoms with Crippen molar-refractivity contribution in [3.8, 4) is 0 Å². The molecule has 4 aromatic carbocycles. The van der Waals surface area contributed by atoms with Crippen LogP contribution in [0.1, 0.15) is 70.4 Å². The van der Waals surface area contributed by atoms with Gasteiger partial charge in [0.15, 0.2) is 11.6 Å². The summed E-state index contributed by atoms with van der Waals surface area (Å²) in [6, 6.07) is 31.9. The van der Waals surface area contributed by atoms with Crippen LogP contribution in [-0.2, 0) is 14.4 Å². The van der Waals surface area contributed by atoms with Gasteiger partial charge < -0.3 is 26.6 Å². The van der Waals surface area contributed by atoms with E-state index >= 15 is 0 Å². The molecule has 0 unspecified atom stereocenters. The number of amides is 1. The van der Waals surface area contributed by atoms with Crippen molar-refractivity contribution in [1.82, 2.24) is 15.1 Å². The standard InChI is InChI=1S/C19H20N2O2.C13H11NO.C6H11NO2.C5H9NO2/c1-21-13-7-12-17(21)19(23)20-16-11-6-5-10-15(16)18(22)14-8-3-2-4-9-14;14-12-9-5-4-8-11(12)13(15)10-6-2-1-3-7-10;1-7-4-2-3-5(7)6(8)9;7-5(8)4-2-1-3-6-4/h2-6,8-11,17H,7,12-13H2,1H3,(H,20,23);1-9H,14H2;5H,2-4H2,1H3,(H,8,9);4,6H,1-3H2,(H,7,8)/t17-;;5-;4-/m1.11/s1. The van der Waals surface area contributed by atoms with Crippen LogP contribution in [0.2, 0.25) is 0 Å². The van der Waals surface area contributed by atoms with E-state index in [4.69, 9.17) is 15.9 Å². The summed E-state index contributed by atoms with van der Waals surface area (Å²) < 4.78 is 0. The molecule has 1 amide bonds. The number of likely N-dealkylation sites (tertiary alicyclic amines) is 2. The van der Waals surface area contributed by atoms with Crippen LogP contribution in [0.5, 0.6) is 0 Å². The first-order chi connectivity index (χ1) is 26.5. The third-order valence-corrected chi connectivity index (χ3v) is 9.69. The lowest BCUT2D eigenvalue weighted by molar-refractivity contribution is -0.142. The number of hydrogen-bond donors (Lipinski definition) is 5. The van der Waals surface area contributed by atoms with Crippen molar-refractivity contribution in [3.63, 3.8) is 0 Å². The number of likely N-dealkylation sites (N-methyl/N-ethyl adjacent to an activating group) is 2. The molecule has 0 bridgehead atoms. The predicted octanol–water partition coefficient (Wildman–Crippen LogP) is 5.44. The lowest BCUT2D eigenvalue weighted by Crippen LogP contribution is -2.37. The Morgan fingerprint density at radius 3 is 1.55 bits per heavy atom. The van der Waals surface area contributed by atoms with E-state index in [9.17, 15) is 24.0 Å². The summed E-state index contributed by atoms with van der Waals surface area (Å²) in [5.41, 5.74) is 9.19. The summed E-state index contributed by atoms with van der Waals surface area (Å²) >= 11 is 0. The van der Waals surface area contributed by atoms with Gasteiger partial charge in [-0.25, -0.2) is 0 Å². The van der Waals surface area contributed by atoms with E-state index in [1.165, 1.54) is 0 Å². The molecular formula is C43H51N5O7. The molecule has 6 N–H and O–H groups in total. The topological polar surface area (TPSA) is 182 Å². The predicted molar refractivity (Wildman–Crippen MR) is 213 cm³/mol. The van der Waals surface area contributed by atoms with Crippen LogP contribution in [0.4, 0.5) is 11.4 Å². The number of rotatable bonds is 8. The lowest BCUT2D eigenvalue weighted by atomic mass is 10.0. The summed E-state index contributed by atoms with van der Waals surface area (Å²) in [4.78, 5) is 61.6. The number of nitrogens with zero attached hydrogens (tertiary/aromatic N) is 2. The largest absolute Gasteiger partial charge is 0.480 e. The van der Waals surface area contributed by atoms with Gasteiger partial charge in [0.05, 0.1) is 11.7 Å². The number of hydrogen-bond acceptors (Lipinski definition) is 9.